The molecule has 0 saturated carbocycles. The van der Waals surface area contributed by atoms with Gasteiger partial charge in [-0.2, -0.15) is 10.4 Å². The number of hydrogen-bond acceptors (Lipinski definition) is 8. The number of ether oxygens (including phenoxy) is 1. The SMILES string of the molecule is N#Cc1cccc(Cl)c1-n1ncc2c(O[C@@H](CN3CCC3)C(=O)Nc3ccccn3)ncnc21. The zero-order valence-corrected chi connectivity index (χ0v) is 18.7. The first-order valence-corrected chi connectivity index (χ1v) is 11.0. The van der Waals surface area contributed by atoms with Crippen molar-refractivity contribution in [1.29, 1.82) is 5.26 Å². The van der Waals surface area contributed by atoms with Crippen LogP contribution in [0.3, 0.4) is 0 Å². The van der Waals surface area contributed by atoms with Gasteiger partial charge in [0.1, 0.15) is 29.3 Å². The number of aromatic nitrogens is 5. The third-order valence-corrected chi connectivity index (χ3v) is 5.79. The first-order chi connectivity index (χ1) is 16.6. The van der Waals surface area contributed by atoms with Gasteiger partial charge in [0.2, 0.25) is 5.88 Å². The molecule has 3 aromatic heterocycles. The van der Waals surface area contributed by atoms with Crippen molar-refractivity contribution in [3.63, 3.8) is 0 Å². The van der Waals surface area contributed by atoms with E-state index in [-0.39, 0.29) is 11.8 Å². The molecule has 5 rings (SSSR count). The summed E-state index contributed by atoms with van der Waals surface area (Å²) in [5.74, 6) is 0.319. The molecule has 0 spiro atoms. The van der Waals surface area contributed by atoms with E-state index in [1.807, 2.05) is 0 Å². The van der Waals surface area contributed by atoms with Crippen molar-refractivity contribution in [2.45, 2.75) is 12.5 Å². The van der Waals surface area contributed by atoms with Gasteiger partial charge in [-0.05, 0) is 43.8 Å². The lowest BCUT2D eigenvalue weighted by Crippen LogP contribution is -2.48. The van der Waals surface area contributed by atoms with E-state index in [4.69, 9.17) is 16.3 Å². The molecular weight excluding hydrogens is 456 g/mol. The number of nitriles is 1. The fourth-order valence-corrected chi connectivity index (χ4v) is 3.91. The van der Waals surface area contributed by atoms with Gasteiger partial charge in [0.15, 0.2) is 11.8 Å². The monoisotopic (exact) mass is 474 g/mol. The van der Waals surface area contributed by atoms with Crippen molar-refractivity contribution in [3.8, 4) is 17.6 Å². The molecule has 1 aromatic carbocycles. The lowest BCUT2D eigenvalue weighted by Gasteiger charge is -2.33. The summed E-state index contributed by atoms with van der Waals surface area (Å²) >= 11 is 6.37. The average Bonchev–Trinajstić information content (AvgIpc) is 3.25. The third-order valence-electron chi connectivity index (χ3n) is 5.48. The number of para-hydroxylation sites is 1. The number of fused-ring (bicyclic) bond motifs is 1. The summed E-state index contributed by atoms with van der Waals surface area (Å²) in [6.45, 7) is 2.20. The second kappa shape index (κ2) is 9.43. The number of amides is 1. The van der Waals surface area contributed by atoms with Crippen molar-refractivity contribution in [3.05, 3.63) is 65.7 Å². The highest BCUT2D eigenvalue weighted by atomic mass is 35.5. The molecule has 1 aliphatic heterocycles. The number of carbonyl (C=O) groups excluding carboxylic acids is 1. The maximum atomic E-state index is 13.1. The van der Waals surface area contributed by atoms with Crippen LogP contribution in [0.1, 0.15) is 12.0 Å². The first kappa shape index (κ1) is 21.8. The Balaban J connectivity index is 1.48. The second-order valence-electron chi connectivity index (χ2n) is 7.69. The Morgan fingerprint density at radius 2 is 2.09 bits per heavy atom. The number of nitrogens with zero attached hydrogens (tertiary/aromatic N) is 7. The highest BCUT2D eigenvalue weighted by molar-refractivity contribution is 6.32. The summed E-state index contributed by atoms with van der Waals surface area (Å²) in [5.41, 5.74) is 1.17. The molecule has 0 unspecified atom stereocenters. The number of rotatable bonds is 7. The molecule has 10 nitrogen and oxygen atoms in total. The second-order valence-corrected chi connectivity index (χ2v) is 8.09. The van der Waals surface area contributed by atoms with E-state index in [1.165, 1.54) is 17.2 Å². The van der Waals surface area contributed by atoms with E-state index in [2.05, 4.69) is 36.3 Å². The first-order valence-electron chi connectivity index (χ1n) is 10.6. The molecule has 34 heavy (non-hydrogen) atoms. The van der Waals surface area contributed by atoms with Crippen LogP contribution in [0.25, 0.3) is 16.7 Å². The number of nitrogens with one attached hydrogen (secondary N) is 1. The van der Waals surface area contributed by atoms with Crippen LogP contribution in [0.4, 0.5) is 5.82 Å². The Bertz CT molecular complexity index is 1380. The minimum absolute atomic E-state index is 0.212. The molecule has 4 aromatic rings. The molecule has 0 radical (unpaired) electrons. The van der Waals surface area contributed by atoms with Gasteiger partial charge < -0.3 is 10.1 Å². The normalized spacial score (nSPS) is 14.2. The highest BCUT2D eigenvalue weighted by Crippen LogP contribution is 2.29. The van der Waals surface area contributed by atoms with Gasteiger partial charge in [0.25, 0.3) is 5.91 Å². The third kappa shape index (κ3) is 4.26. The van der Waals surface area contributed by atoms with E-state index < -0.39 is 6.10 Å². The van der Waals surface area contributed by atoms with Crippen LogP contribution in [0.2, 0.25) is 5.02 Å². The Morgan fingerprint density at radius 1 is 1.21 bits per heavy atom. The van der Waals surface area contributed by atoms with Gasteiger partial charge >= 0.3 is 0 Å². The quantitative estimate of drug-likeness (QED) is 0.434. The van der Waals surface area contributed by atoms with E-state index in [0.717, 1.165) is 19.5 Å². The summed E-state index contributed by atoms with van der Waals surface area (Å²) in [6.07, 6.45) is 4.72. The Kier molecular flexibility index (Phi) is 6.03. The average molecular weight is 475 g/mol. The van der Waals surface area contributed by atoms with Crippen molar-refractivity contribution in [1.82, 2.24) is 29.6 Å². The molecule has 1 atom stereocenters. The van der Waals surface area contributed by atoms with Crippen LogP contribution >= 0.6 is 11.6 Å². The molecule has 1 saturated heterocycles. The van der Waals surface area contributed by atoms with Crippen molar-refractivity contribution in [2.24, 2.45) is 0 Å². The van der Waals surface area contributed by atoms with E-state index in [0.29, 0.717) is 39.7 Å². The number of likely N-dealkylation sites (tertiary alicyclic amines) is 1. The number of halogens is 1. The Hall–Kier alpha value is -4.07. The number of pyridine rings is 1. The summed E-state index contributed by atoms with van der Waals surface area (Å²) in [6, 6.07) is 12.4. The fourth-order valence-electron chi connectivity index (χ4n) is 3.65. The number of benzene rings is 1. The molecule has 1 aliphatic rings. The predicted molar refractivity (Wildman–Crippen MR) is 125 cm³/mol. The smallest absolute Gasteiger partial charge is 0.268 e. The largest absolute Gasteiger partial charge is 0.462 e. The summed E-state index contributed by atoms with van der Waals surface area (Å²) in [5, 5.41) is 17.5. The number of carbonyl (C=O) groups is 1. The fraction of sp³-hybridized carbons (Fsp3) is 0.217. The molecule has 0 bridgehead atoms. The van der Waals surface area contributed by atoms with Gasteiger partial charge in [0.05, 0.1) is 16.8 Å². The summed E-state index contributed by atoms with van der Waals surface area (Å²) < 4.78 is 7.60. The van der Waals surface area contributed by atoms with Gasteiger partial charge in [0, 0.05) is 12.7 Å². The standard InChI is InChI=1S/C23H19ClN8O2/c24-17-6-3-5-15(11-25)20(17)32-21-16(12-29-32)23(28-14-27-21)34-18(13-31-9-4-10-31)22(33)30-19-7-1-2-8-26-19/h1-3,5-8,12,14,18H,4,9-10,13H2,(H,26,30,33)/t18-/m0/s1. The minimum Gasteiger partial charge on any atom is -0.462 e. The molecule has 1 amide bonds. The molecule has 1 fully saturated rings. The van der Waals surface area contributed by atoms with Gasteiger partial charge in [-0.25, -0.2) is 19.6 Å². The van der Waals surface area contributed by atoms with E-state index >= 15 is 0 Å². The maximum absolute atomic E-state index is 13.1. The molecule has 11 heteroatoms. The highest BCUT2D eigenvalue weighted by Gasteiger charge is 2.28. The van der Waals surface area contributed by atoms with E-state index in [1.54, 1.807) is 42.6 Å². The van der Waals surface area contributed by atoms with Crippen LogP contribution in [-0.4, -0.2) is 61.3 Å². The molecule has 1 N–H and O–H groups in total. The van der Waals surface area contributed by atoms with Crippen LogP contribution in [-0.2, 0) is 4.79 Å². The van der Waals surface area contributed by atoms with Gasteiger partial charge in [-0.3, -0.25) is 9.69 Å². The number of anilines is 1. The predicted octanol–water partition coefficient (Wildman–Crippen LogP) is 2.83. The lowest BCUT2D eigenvalue weighted by atomic mass is 10.2. The molecule has 0 aliphatic carbocycles. The van der Waals surface area contributed by atoms with Crippen LogP contribution in [0, 0.1) is 11.3 Å². The van der Waals surface area contributed by atoms with Gasteiger partial charge in [-0.15, -0.1) is 0 Å². The maximum Gasteiger partial charge on any atom is 0.268 e. The zero-order valence-electron chi connectivity index (χ0n) is 17.9. The molecular formula is C23H19ClN8O2. The van der Waals surface area contributed by atoms with Crippen molar-refractivity contribution in [2.75, 3.05) is 25.0 Å². The Labute approximate surface area is 199 Å². The van der Waals surface area contributed by atoms with Crippen LogP contribution in [0.15, 0.2) is 55.1 Å². The van der Waals surface area contributed by atoms with Crippen LogP contribution in [0.5, 0.6) is 5.88 Å². The van der Waals surface area contributed by atoms with Crippen molar-refractivity contribution < 1.29 is 9.53 Å². The van der Waals surface area contributed by atoms with Gasteiger partial charge in [-0.1, -0.05) is 23.7 Å². The molecule has 170 valence electrons. The number of hydrogen-bond donors (Lipinski definition) is 1. The zero-order chi connectivity index (χ0) is 23.5. The lowest BCUT2D eigenvalue weighted by molar-refractivity contribution is -0.124. The molecule has 4 heterocycles. The topological polar surface area (TPSA) is 122 Å². The minimum atomic E-state index is -0.835. The van der Waals surface area contributed by atoms with E-state index in [9.17, 15) is 10.1 Å². The summed E-state index contributed by atoms with van der Waals surface area (Å²) in [7, 11) is 0. The van der Waals surface area contributed by atoms with Crippen molar-refractivity contribution >= 4 is 34.4 Å². The Morgan fingerprint density at radius 3 is 2.82 bits per heavy atom. The van der Waals surface area contributed by atoms with Crippen LogP contribution < -0.4 is 10.1 Å². The summed E-state index contributed by atoms with van der Waals surface area (Å²) in [4.78, 5) is 27.9.